The third-order valence-corrected chi connectivity index (χ3v) is 3.92. The molecule has 1 rings (SSSR count). The fraction of sp³-hybridized carbons (Fsp3) is 1.00. The third kappa shape index (κ3) is 2.73. The molecule has 1 atom stereocenters. The summed E-state index contributed by atoms with van der Waals surface area (Å²) in [5.41, 5.74) is 6.40. The Morgan fingerprint density at radius 3 is 1.93 bits per heavy atom. The lowest BCUT2D eigenvalue weighted by Crippen LogP contribution is -2.55. The zero-order valence-corrected chi connectivity index (χ0v) is 10.8. The van der Waals surface area contributed by atoms with Gasteiger partial charge in [-0.25, -0.2) is 0 Å². The molecule has 2 heteroatoms. The summed E-state index contributed by atoms with van der Waals surface area (Å²) in [5.74, 6) is 0.880. The van der Waals surface area contributed by atoms with E-state index < -0.39 is 0 Å². The van der Waals surface area contributed by atoms with Crippen molar-refractivity contribution < 1.29 is 0 Å². The van der Waals surface area contributed by atoms with Gasteiger partial charge in [0.15, 0.2) is 0 Å². The maximum absolute atomic E-state index is 6.08. The Bertz CT molecular complexity index is 165. The Morgan fingerprint density at radius 2 is 1.67 bits per heavy atom. The lowest BCUT2D eigenvalue weighted by molar-refractivity contribution is 0.0679. The highest BCUT2D eigenvalue weighted by atomic mass is 15.2. The summed E-state index contributed by atoms with van der Waals surface area (Å²) in [6, 6.07) is 0. The van der Waals surface area contributed by atoms with E-state index >= 15 is 0 Å². The van der Waals surface area contributed by atoms with Gasteiger partial charge < -0.3 is 5.73 Å². The van der Waals surface area contributed by atoms with Gasteiger partial charge in [-0.1, -0.05) is 20.8 Å². The molecule has 0 aromatic rings. The van der Waals surface area contributed by atoms with Crippen LogP contribution in [0.1, 0.15) is 52.9 Å². The summed E-state index contributed by atoms with van der Waals surface area (Å²) in [7, 11) is 0. The van der Waals surface area contributed by atoms with E-state index in [1.165, 1.54) is 45.2 Å². The Labute approximate surface area is 95.2 Å². The van der Waals surface area contributed by atoms with E-state index in [0.717, 1.165) is 12.5 Å². The second-order valence-electron chi connectivity index (χ2n) is 4.92. The Morgan fingerprint density at radius 1 is 1.13 bits per heavy atom. The fourth-order valence-corrected chi connectivity index (χ4v) is 2.93. The van der Waals surface area contributed by atoms with Gasteiger partial charge in [0.25, 0.3) is 0 Å². The second-order valence-corrected chi connectivity index (χ2v) is 4.92. The van der Waals surface area contributed by atoms with E-state index in [9.17, 15) is 0 Å². The van der Waals surface area contributed by atoms with Gasteiger partial charge in [0.2, 0.25) is 0 Å². The summed E-state index contributed by atoms with van der Waals surface area (Å²) in [6.07, 6.45) is 6.50. The van der Waals surface area contributed by atoms with Crippen molar-refractivity contribution in [2.75, 3.05) is 19.6 Å². The van der Waals surface area contributed by atoms with Gasteiger partial charge in [0.1, 0.15) is 0 Å². The largest absolute Gasteiger partial charge is 0.329 e. The SMILES string of the molecule is CCCN(CCC)C(CC)(CN)C1CC1. The van der Waals surface area contributed by atoms with Crippen LogP contribution in [-0.2, 0) is 0 Å². The molecule has 0 aromatic heterocycles. The van der Waals surface area contributed by atoms with Crippen molar-refractivity contribution in [1.82, 2.24) is 4.90 Å². The standard InChI is InChI=1S/C13H28N2/c1-4-9-15(10-5-2)13(6-3,11-14)12-7-8-12/h12H,4-11,14H2,1-3H3. The average Bonchev–Trinajstić information content (AvgIpc) is 3.06. The quantitative estimate of drug-likeness (QED) is 0.670. The van der Waals surface area contributed by atoms with Gasteiger partial charge in [0, 0.05) is 12.1 Å². The van der Waals surface area contributed by atoms with Crippen LogP contribution in [0.5, 0.6) is 0 Å². The van der Waals surface area contributed by atoms with E-state index in [2.05, 4.69) is 25.7 Å². The Kier molecular flexibility index (Phi) is 5.07. The molecule has 0 amide bonds. The van der Waals surface area contributed by atoms with Crippen LogP contribution in [-0.4, -0.2) is 30.1 Å². The topological polar surface area (TPSA) is 29.3 Å². The molecule has 1 aliphatic rings. The number of hydrogen-bond donors (Lipinski definition) is 1. The second kappa shape index (κ2) is 5.86. The Balaban J connectivity index is 2.72. The molecular weight excluding hydrogens is 184 g/mol. The van der Waals surface area contributed by atoms with Crippen LogP contribution in [0.15, 0.2) is 0 Å². The summed E-state index contributed by atoms with van der Waals surface area (Å²) >= 11 is 0. The smallest absolute Gasteiger partial charge is 0.0357 e. The van der Waals surface area contributed by atoms with E-state index in [1.807, 2.05) is 0 Å². The molecule has 0 saturated heterocycles. The van der Waals surface area contributed by atoms with Crippen molar-refractivity contribution in [2.24, 2.45) is 11.7 Å². The number of nitrogens with zero attached hydrogens (tertiary/aromatic N) is 1. The van der Waals surface area contributed by atoms with Crippen LogP contribution in [0.25, 0.3) is 0 Å². The highest BCUT2D eigenvalue weighted by Crippen LogP contribution is 2.44. The predicted octanol–water partition coefficient (Wildman–Crippen LogP) is 2.63. The van der Waals surface area contributed by atoms with Gasteiger partial charge >= 0.3 is 0 Å². The van der Waals surface area contributed by atoms with Crippen molar-refractivity contribution in [3.8, 4) is 0 Å². The molecule has 90 valence electrons. The maximum atomic E-state index is 6.08. The van der Waals surface area contributed by atoms with Crippen LogP contribution in [0.4, 0.5) is 0 Å². The molecule has 1 saturated carbocycles. The summed E-state index contributed by atoms with van der Waals surface area (Å²) in [4.78, 5) is 2.67. The molecule has 1 unspecified atom stereocenters. The van der Waals surface area contributed by atoms with Crippen molar-refractivity contribution in [2.45, 2.75) is 58.4 Å². The highest BCUT2D eigenvalue weighted by Gasteiger charge is 2.46. The van der Waals surface area contributed by atoms with Crippen LogP contribution < -0.4 is 5.73 Å². The summed E-state index contributed by atoms with van der Waals surface area (Å²) < 4.78 is 0. The molecule has 0 spiro atoms. The molecule has 1 aliphatic carbocycles. The number of rotatable bonds is 8. The van der Waals surface area contributed by atoms with Crippen molar-refractivity contribution in [3.63, 3.8) is 0 Å². The minimum Gasteiger partial charge on any atom is -0.329 e. The molecular formula is C13H28N2. The molecule has 0 bridgehead atoms. The summed E-state index contributed by atoms with van der Waals surface area (Å²) in [5, 5.41) is 0. The molecule has 15 heavy (non-hydrogen) atoms. The average molecular weight is 212 g/mol. The summed E-state index contributed by atoms with van der Waals surface area (Å²) in [6.45, 7) is 10.1. The molecule has 0 radical (unpaired) electrons. The van der Waals surface area contributed by atoms with Crippen molar-refractivity contribution in [3.05, 3.63) is 0 Å². The van der Waals surface area contributed by atoms with Gasteiger partial charge in [-0.2, -0.15) is 0 Å². The van der Waals surface area contributed by atoms with Crippen LogP contribution in [0.3, 0.4) is 0 Å². The predicted molar refractivity (Wildman–Crippen MR) is 67.0 cm³/mol. The van der Waals surface area contributed by atoms with Crippen LogP contribution >= 0.6 is 0 Å². The number of nitrogens with two attached hydrogens (primary N) is 1. The van der Waals surface area contributed by atoms with E-state index in [1.54, 1.807) is 0 Å². The normalized spacial score (nSPS) is 20.6. The molecule has 2 nitrogen and oxygen atoms in total. The first-order valence-corrected chi connectivity index (χ1v) is 6.70. The van der Waals surface area contributed by atoms with E-state index in [-0.39, 0.29) is 0 Å². The molecule has 2 N–H and O–H groups in total. The van der Waals surface area contributed by atoms with Crippen molar-refractivity contribution in [1.29, 1.82) is 0 Å². The lowest BCUT2D eigenvalue weighted by Gasteiger charge is -2.43. The lowest BCUT2D eigenvalue weighted by atomic mass is 9.87. The van der Waals surface area contributed by atoms with Crippen molar-refractivity contribution >= 4 is 0 Å². The minimum absolute atomic E-state index is 0.325. The first-order chi connectivity index (χ1) is 7.25. The van der Waals surface area contributed by atoms with Gasteiger partial charge in [0.05, 0.1) is 0 Å². The van der Waals surface area contributed by atoms with Gasteiger partial charge in [-0.3, -0.25) is 4.90 Å². The highest BCUT2D eigenvalue weighted by molar-refractivity contribution is 5.02. The van der Waals surface area contributed by atoms with Gasteiger partial charge in [-0.05, 0) is 51.1 Å². The maximum Gasteiger partial charge on any atom is 0.0357 e. The van der Waals surface area contributed by atoms with Crippen LogP contribution in [0, 0.1) is 5.92 Å². The zero-order valence-electron chi connectivity index (χ0n) is 10.8. The molecule has 1 fully saturated rings. The first kappa shape index (κ1) is 13.0. The Hall–Kier alpha value is -0.0800. The van der Waals surface area contributed by atoms with E-state index in [4.69, 9.17) is 5.73 Å². The first-order valence-electron chi connectivity index (χ1n) is 6.70. The number of hydrogen-bond acceptors (Lipinski definition) is 2. The third-order valence-electron chi connectivity index (χ3n) is 3.92. The van der Waals surface area contributed by atoms with Crippen LogP contribution in [0.2, 0.25) is 0 Å². The fourth-order valence-electron chi connectivity index (χ4n) is 2.93. The monoisotopic (exact) mass is 212 g/mol. The zero-order chi connectivity index (χ0) is 11.3. The molecule has 0 heterocycles. The molecule has 0 aliphatic heterocycles. The van der Waals surface area contributed by atoms with E-state index in [0.29, 0.717) is 5.54 Å². The molecule has 0 aromatic carbocycles. The van der Waals surface area contributed by atoms with Gasteiger partial charge in [-0.15, -0.1) is 0 Å². The minimum atomic E-state index is 0.325.